The SMILES string of the molecule is NCC(=O)O.O=C(O)O.[H-].[K+]. The van der Waals surface area contributed by atoms with E-state index in [0.717, 1.165) is 0 Å². The number of aliphatic carboxylic acids is 1. The number of hydrogen-bond donors (Lipinski definition) is 4. The van der Waals surface area contributed by atoms with Crippen molar-refractivity contribution in [3.05, 3.63) is 0 Å². The van der Waals surface area contributed by atoms with Crippen LogP contribution in [0, 0.1) is 0 Å². The van der Waals surface area contributed by atoms with Crippen LogP contribution in [0.5, 0.6) is 0 Å². The van der Waals surface area contributed by atoms with E-state index in [4.69, 9.17) is 20.1 Å². The number of carboxylic acid groups (broad SMARTS) is 3. The van der Waals surface area contributed by atoms with E-state index >= 15 is 0 Å². The molecule has 0 aliphatic heterocycles. The molecule has 6 nitrogen and oxygen atoms in total. The minimum Gasteiger partial charge on any atom is -1.00 e. The number of carboxylic acids is 1. The van der Waals surface area contributed by atoms with Crippen LogP contribution in [0.3, 0.4) is 0 Å². The van der Waals surface area contributed by atoms with Gasteiger partial charge in [0.05, 0.1) is 6.54 Å². The zero-order valence-corrected chi connectivity index (χ0v) is 8.57. The van der Waals surface area contributed by atoms with Gasteiger partial charge in [-0.15, -0.1) is 0 Å². The number of nitrogens with two attached hydrogens (primary N) is 1. The summed E-state index contributed by atoms with van der Waals surface area (Å²) in [6, 6.07) is 0. The van der Waals surface area contributed by atoms with Crippen molar-refractivity contribution in [1.82, 2.24) is 0 Å². The van der Waals surface area contributed by atoms with Gasteiger partial charge in [-0.25, -0.2) is 4.79 Å². The van der Waals surface area contributed by atoms with Gasteiger partial charge in [0.25, 0.3) is 0 Å². The molecule has 5 N–H and O–H groups in total. The maximum Gasteiger partial charge on any atom is 1.00 e. The fourth-order valence-electron chi connectivity index (χ4n) is 0. The van der Waals surface area contributed by atoms with Crippen LogP contribution in [-0.4, -0.2) is 34.0 Å². The average Bonchev–Trinajstić information content (AvgIpc) is 1.65. The summed E-state index contributed by atoms with van der Waals surface area (Å²) in [7, 11) is 0. The molecule has 0 atom stereocenters. The summed E-state index contributed by atoms with van der Waals surface area (Å²) in [4.78, 5) is 17.8. The molecule has 0 aliphatic carbocycles. The van der Waals surface area contributed by atoms with E-state index in [1.54, 1.807) is 0 Å². The first-order valence-electron chi connectivity index (χ1n) is 1.84. The van der Waals surface area contributed by atoms with Crippen molar-refractivity contribution in [3.8, 4) is 0 Å². The third-order valence-corrected chi connectivity index (χ3v) is 0.175. The summed E-state index contributed by atoms with van der Waals surface area (Å²) < 4.78 is 0. The van der Waals surface area contributed by atoms with Crippen molar-refractivity contribution >= 4 is 12.1 Å². The summed E-state index contributed by atoms with van der Waals surface area (Å²) in [5.74, 6) is -0.968. The van der Waals surface area contributed by atoms with E-state index in [9.17, 15) is 4.79 Å². The molecule has 0 aliphatic rings. The molecule has 0 aromatic carbocycles. The molecule has 0 amide bonds. The molecule has 0 heterocycles. The van der Waals surface area contributed by atoms with Gasteiger partial charge in [-0.05, 0) is 0 Å². The molecular weight excluding hydrogens is 169 g/mol. The van der Waals surface area contributed by atoms with Gasteiger partial charge < -0.3 is 22.5 Å². The second-order valence-corrected chi connectivity index (χ2v) is 0.880. The summed E-state index contributed by atoms with van der Waals surface area (Å²) >= 11 is 0. The maximum atomic E-state index is 9.24. The number of carbonyl (C=O) groups is 2. The van der Waals surface area contributed by atoms with Crippen LogP contribution >= 0.6 is 0 Å². The van der Waals surface area contributed by atoms with Crippen molar-refractivity contribution in [2.75, 3.05) is 6.54 Å². The quantitative estimate of drug-likeness (QED) is 0.307. The van der Waals surface area contributed by atoms with Gasteiger partial charge in [-0.3, -0.25) is 4.79 Å². The zero-order chi connectivity index (χ0) is 7.86. The van der Waals surface area contributed by atoms with E-state index in [0.29, 0.717) is 0 Å². The van der Waals surface area contributed by atoms with Gasteiger partial charge in [0, 0.05) is 0 Å². The molecule has 0 fully saturated rings. The third kappa shape index (κ3) is 82.2. The first-order valence-corrected chi connectivity index (χ1v) is 1.84. The molecule has 56 valence electrons. The molecule has 0 saturated heterocycles. The van der Waals surface area contributed by atoms with E-state index in [-0.39, 0.29) is 59.4 Å². The molecular formula is C3H8KNO5. The van der Waals surface area contributed by atoms with Gasteiger partial charge in [-0.1, -0.05) is 0 Å². The molecule has 0 radical (unpaired) electrons. The first-order chi connectivity index (χ1) is 4.00. The Morgan fingerprint density at radius 1 is 1.30 bits per heavy atom. The Hall–Kier alpha value is 0.336. The van der Waals surface area contributed by atoms with Crippen molar-refractivity contribution in [2.24, 2.45) is 5.73 Å². The topological polar surface area (TPSA) is 121 Å². The molecule has 0 bridgehead atoms. The largest absolute Gasteiger partial charge is 1.00 e. The average molecular weight is 177 g/mol. The Morgan fingerprint density at radius 2 is 1.40 bits per heavy atom. The molecule has 0 aromatic heterocycles. The Balaban J connectivity index is -0.0000000383. The van der Waals surface area contributed by atoms with Gasteiger partial charge in [0.15, 0.2) is 0 Å². The van der Waals surface area contributed by atoms with Crippen molar-refractivity contribution in [2.45, 2.75) is 0 Å². The minimum absolute atomic E-state index is 0. The Morgan fingerprint density at radius 3 is 1.40 bits per heavy atom. The van der Waals surface area contributed by atoms with Crippen LogP contribution in [0.4, 0.5) is 4.79 Å². The van der Waals surface area contributed by atoms with Crippen molar-refractivity contribution in [3.63, 3.8) is 0 Å². The maximum absolute atomic E-state index is 9.24. The van der Waals surface area contributed by atoms with Crippen LogP contribution in [0.15, 0.2) is 0 Å². The monoisotopic (exact) mass is 177 g/mol. The standard InChI is InChI=1S/C2H5NO2.CH2O3.K.H/c3-1-2(4)5;2-1(3)4;;/h1,3H2,(H,4,5);(H2,2,3,4);;/q;;+1;-1. The Bertz CT molecular complexity index is 106. The number of hydrogen-bond acceptors (Lipinski definition) is 3. The molecule has 0 unspecified atom stereocenters. The summed E-state index contributed by atoms with van der Waals surface area (Å²) in [6.45, 7) is -0.278. The summed E-state index contributed by atoms with van der Waals surface area (Å²) in [5, 5.41) is 21.5. The van der Waals surface area contributed by atoms with E-state index in [2.05, 4.69) is 5.73 Å². The van der Waals surface area contributed by atoms with Crippen molar-refractivity contribution < 1.29 is 77.7 Å². The first kappa shape index (κ1) is 16.7. The molecule has 7 heteroatoms. The van der Waals surface area contributed by atoms with Crippen LogP contribution in [0.2, 0.25) is 0 Å². The Kier molecular flexibility index (Phi) is 20.2. The predicted molar refractivity (Wildman–Crippen MR) is 28.5 cm³/mol. The van der Waals surface area contributed by atoms with Gasteiger partial charge in [0.1, 0.15) is 0 Å². The summed E-state index contributed by atoms with van der Waals surface area (Å²) in [5.41, 5.74) is 4.57. The second-order valence-electron chi connectivity index (χ2n) is 0.880. The predicted octanol–water partition coefficient (Wildman–Crippen LogP) is -3.63. The normalized spacial score (nSPS) is 6.10. The van der Waals surface area contributed by atoms with Crippen LogP contribution in [-0.2, 0) is 4.79 Å². The van der Waals surface area contributed by atoms with E-state index < -0.39 is 12.1 Å². The third-order valence-electron chi connectivity index (χ3n) is 0.175. The van der Waals surface area contributed by atoms with Gasteiger partial charge in [-0.2, -0.15) is 0 Å². The fourth-order valence-corrected chi connectivity index (χ4v) is 0. The van der Waals surface area contributed by atoms with Crippen LogP contribution < -0.4 is 57.1 Å². The van der Waals surface area contributed by atoms with E-state index in [1.807, 2.05) is 0 Å². The summed E-state index contributed by atoms with van der Waals surface area (Å²) in [6.07, 6.45) is -1.83. The minimum atomic E-state index is -1.83. The Labute approximate surface area is 101 Å². The van der Waals surface area contributed by atoms with Gasteiger partial charge >= 0.3 is 63.5 Å². The van der Waals surface area contributed by atoms with Crippen LogP contribution in [0.1, 0.15) is 1.43 Å². The smallest absolute Gasteiger partial charge is 1.00 e. The number of rotatable bonds is 1. The van der Waals surface area contributed by atoms with E-state index in [1.165, 1.54) is 0 Å². The molecule has 0 rings (SSSR count). The molecule has 0 saturated carbocycles. The molecule has 0 spiro atoms. The fraction of sp³-hybridized carbons (Fsp3) is 0.333. The molecule has 0 aromatic rings. The second kappa shape index (κ2) is 12.1. The van der Waals surface area contributed by atoms with Gasteiger partial charge in [0.2, 0.25) is 0 Å². The van der Waals surface area contributed by atoms with Crippen LogP contribution in [0.25, 0.3) is 0 Å². The molecule has 10 heavy (non-hydrogen) atoms. The zero-order valence-electron chi connectivity index (χ0n) is 6.44. The van der Waals surface area contributed by atoms with Crippen molar-refractivity contribution in [1.29, 1.82) is 0 Å².